The van der Waals surface area contributed by atoms with Gasteiger partial charge in [0.2, 0.25) is 0 Å². The number of benzene rings is 2. The summed E-state index contributed by atoms with van der Waals surface area (Å²) >= 11 is 0. The minimum absolute atomic E-state index is 0.106. The quantitative estimate of drug-likeness (QED) is 0.688. The van der Waals surface area contributed by atoms with Gasteiger partial charge in [-0.25, -0.2) is 17.9 Å². The monoisotopic (exact) mass is 401 g/mol. The highest BCUT2D eigenvalue weighted by atomic mass is 19.2. The number of nitrogens with one attached hydrogen (secondary N) is 1. The molecule has 2 aromatic carbocycles. The molecular formula is C21H18F3N3O2. The summed E-state index contributed by atoms with van der Waals surface area (Å²) in [5.41, 5.74) is 2.35. The Morgan fingerprint density at radius 3 is 2.66 bits per heavy atom. The van der Waals surface area contributed by atoms with Gasteiger partial charge in [-0.1, -0.05) is 0 Å². The van der Waals surface area contributed by atoms with Crippen LogP contribution in [0.1, 0.15) is 35.1 Å². The van der Waals surface area contributed by atoms with Gasteiger partial charge in [0, 0.05) is 29.1 Å². The lowest BCUT2D eigenvalue weighted by molar-refractivity contribution is 0.102. The molecule has 29 heavy (non-hydrogen) atoms. The maximum absolute atomic E-state index is 14.0. The molecule has 1 amide bonds. The van der Waals surface area contributed by atoms with Crippen LogP contribution >= 0.6 is 0 Å². The number of anilines is 1. The van der Waals surface area contributed by atoms with Crippen LogP contribution in [0.3, 0.4) is 0 Å². The minimum Gasteiger partial charge on any atom is -0.491 e. The van der Waals surface area contributed by atoms with Gasteiger partial charge >= 0.3 is 0 Å². The predicted molar refractivity (Wildman–Crippen MR) is 101 cm³/mol. The fraction of sp³-hybridized carbons (Fsp3) is 0.238. The van der Waals surface area contributed by atoms with Crippen molar-refractivity contribution in [1.29, 1.82) is 0 Å². The number of halogens is 3. The van der Waals surface area contributed by atoms with Crippen molar-refractivity contribution in [2.24, 2.45) is 0 Å². The van der Waals surface area contributed by atoms with E-state index in [2.05, 4.69) is 10.4 Å². The Hall–Kier alpha value is -3.29. The average Bonchev–Trinajstić information content (AvgIpc) is 3.29. The van der Waals surface area contributed by atoms with Gasteiger partial charge in [-0.05, 0) is 50.5 Å². The molecule has 0 saturated carbocycles. The minimum atomic E-state index is -0.986. The van der Waals surface area contributed by atoms with Gasteiger partial charge in [0.1, 0.15) is 0 Å². The fourth-order valence-electron chi connectivity index (χ4n) is 3.49. The van der Waals surface area contributed by atoms with E-state index in [4.69, 9.17) is 4.74 Å². The van der Waals surface area contributed by atoms with E-state index >= 15 is 0 Å². The second-order valence-corrected chi connectivity index (χ2v) is 6.67. The third-order valence-electron chi connectivity index (χ3n) is 4.78. The fourth-order valence-corrected chi connectivity index (χ4v) is 3.49. The maximum atomic E-state index is 14.0. The first-order chi connectivity index (χ1) is 14.0. The normalized spacial score (nSPS) is 12.7. The lowest BCUT2D eigenvalue weighted by Crippen LogP contribution is -2.15. The van der Waals surface area contributed by atoms with Crippen LogP contribution in [0.25, 0.3) is 5.69 Å². The molecule has 1 heterocycles. The molecule has 1 aliphatic carbocycles. The number of carbonyl (C=O) groups excluding carboxylic acids is 1. The van der Waals surface area contributed by atoms with Crippen molar-refractivity contribution in [3.8, 4) is 11.4 Å². The number of ether oxygens (including phenoxy) is 1. The number of fused-ring (bicyclic) bond motifs is 1. The first-order valence-electron chi connectivity index (χ1n) is 9.27. The molecule has 0 unspecified atom stereocenters. The smallest absolute Gasteiger partial charge is 0.276 e. The van der Waals surface area contributed by atoms with E-state index in [1.165, 1.54) is 22.9 Å². The van der Waals surface area contributed by atoms with Crippen molar-refractivity contribution < 1.29 is 22.7 Å². The Labute approximate surface area is 165 Å². The van der Waals surface area contributed by atoms with Crippen molar-refractivity contribution >= 4 is 11.6 Å². The van der Waals surface area contributed by atoms with Gasteiger partial charge < -0.3 is 10.1 Å². The van der Waals surface area contributed by atoms with Crippen LogP contribution in [-0.4, -0.2) is 22.3 Å². The van der Waals surface area contributed by atoms with Crippen molar-refractivity contribution in [3.63, 3.8) is 0 Å². The van der Waals surface area contributed by atoms with Gasteiger partial charge in [0.15, 0.2) is 28.9 Å². The molecule has 0 fully saturated rings. The zero-order valence-electron chi connectivity index (χ0n) is 15.6. The molecular weight excluding hydrogens is 383 g/mol. The Balaban J connectivity index is 1.64. The molecule has 0 atom stereocenters. The van der Waals surface area contributed by atoms with Gasteiger partial charge in [-0.2, -0.15) is 5.10 Å². The third kappa shape index (κ3) is 3.57. The molecule has 0 saturated heterocycles. The van der Waals surface area contributed by atoms with E-state index in [9.17, 15) is 18.0 Å². The zero-order chi connectivity index (χ0) is 20.5. The number of carbonyl (C=O) groups is 1. The molecule has 1 aliphatic rings. The summed E-state index contributed by atoms with van der Waals surface area (Å²) in [6.45, 7) is 2.08. The van der Waals surface area contributed by atoms with E-state index in [0.29, 0.717) is 25.1 Å². The summed E-state index contributed by atoms with van der Waals surface area (Å²) in [7, 11) is 0. The summed E-state index contributed by atoms with van der Waals surface area (Å²) in [6, 6.07) is 7.64. The summed E-state index contributed by atoms with van der Waals surface area (Å²) in [6.07, 6.45) is 2.15. The Kier molecular flexibility index (Phi) is 5.00. The van der Waals surface area contributed by atoms with Gasteiger partial charge in [-0.15, -0.1) is 0 Å². The molecule has 0 aliphatic heterocycles. The molecule has 150 valence electrons. The Morgan fingerprint density at radius 1 is 1.10 bits per heavy atom. The van der Waals surface area contributed by atoms with E-state index in [1.807, 2.05) is 0 Å². The lowest BCUT2D eigenvalue weighted by Gasteiger charge is -2.08. The standard InChI is InChI=1S/C21H18F3N3O2/c1-2-29-19-9-6-12(10-17(19)24)25-21(28)20-14-4-3-5-18(14)27(26-20)13-7-8-15(22)16(23)11-13/h6-11H,2-5H2,1H3,(H,25,28). The zero-order valence-corrected chi connectivity index (χ0v) is 15.6. The van der Waals surface area contributed by atoms with Crippen LogP contribution in [-0.2, 0) is 12.8 Å². The van der Waals surface area contributed by atoms with E-state index in [1.54, 1.807) is 13.0 Å². The largest absolute Gasteiger partial charge is 0.491 e. The molecule has 0 bridgehead atoms. The topological polar surface area (TPSA) is 56.1 Å². The van der Waals surface area contributed by atoms with Crippen molar-refractivity contribution in [2.75, 3.05) is 11.9 Å². The Bertz CT molecular complexity index is 1100. The van der Waals surface area contributed by atoms with Gasteiger partial charge in [0.25, 0.3) is 5.91 Å². The number of hydrogen-bond donors (Lipinski definition) is 1. The number of aromatic nitrogens is 2. The van der Waals surface area contributed by atoms with Crippen LogP contribution in [0, 0.1) is 17.5 Å². The first kappa shape index (κ1) is 19.0. The molecule has 1 aromatic heterocycles. The average molecular weight is 401 g/mol. The van der Waals surface area contributed by atoms with Gasteiger partial charge in [0.05, 0.1) is 12.3 Å². The molecule has 0 radical (unpaired) electrons. The van der Waals surface area contributed by atoms with Crippen LogP contribution in [0.2, 0.25) is 0 Å². The van der Waals surface area contributed by atoms with E-state index < -0.39 is 23.4 Å². The second-order valence-electron chi connectivity index (χ2n) is 6.67. The second kappa shape index (κ2) is 7.62. The van der Waals surface area contributed by atoms with Crippen LogP contribution in [0.15, 0.2) is 36.4 Å². The summed E-state index contributed by atoms with van der Waals surface area (Å²) < 4.78 is 47.6. The summed E-state index contributed by atoms with van der Waals surface area (Å²) in [5, 5.41) is 6.97. The first-order valence-corrected chi connectivity index (χ1v) is 9.27. The molecule has 1 N–H and O–H groups in total. The number of amides is 1. The summed E-state index contributed by atoms with van der Waals surface area (Å²) in [4.78, 5) is 12.8. The van der Waals surface area contributed by atoms with Crippen molar-refractivity contribution in [3.05, 3.63) is 70.8 Å². The van der Waals surface area contributed by atoms with E-state index in [-0.39, 0.29) is 17.1 Å². The highest BCUT2D eigenvalue weighted by Gasteiger charge is 2.27. The third-order valence-corrected chi connectivity index (χ3v) is 4.78. The highest BCUT2D eigenvalue weighted by molar-refractivity contribution is 6.04. The van der Waals surface area contributed by atoms with Crippen LogP contribution < -0.4 is 10.1 Å². The predicted octanol–water partition coefficient (Wildman–Crippen LogP) is 4.43. The SMILES string of the molecule is CCOc1ccc(NC(=O)c2nn(-c3ccc(F)c(F)c3)c3c2CCC3)cc1F. The molecule has 0 spiro atoms. The number of hydrogen-bond acceptors (Lipinski definition) is 3. The Morgan fingerprint density at radius 2 is 1.93 bits per heavy atom. The van der Waals surface area contributed by atoms with Gasteiger partial charge in [-0.3, -0.25) is 4.79 Å². The van der Waals surface area contributed by atoms with Crippen LogP contribution in [0.4, 0.5) is 18.9 Å². The van der Waals surface area contributed by atoms with Crippen molar-refractivity contribution in [2.45, 2.75) is 26.2 Å². The molecule has 4 rings (SSSR count). The molecule has 8 heteroatoms. The van der Waals surface area contributed by atoms with E-state index in [0.717, 1.165) is 29.8 Å². The summed E-state index contributed by atoms with van der Waals surface area (Å²) in [5.74, 6) is -2.90. The maximum Gasteiger partial charge on any atom is 0.276 e. The highest BCUT2D eigenvalue weighted by Crippen LogP contribution is 2.29. The van der Waals surface area contributed by atoms with Crippen LogP contribution in [0.5, 0.6) is 5.75 Å². The lowest BCUT2D eigenvalue weighted by atomic mass is 10.2. The van der Waals surface area contributed by atoms with Crippen molar-refractivity contribution in [1.82, 2.24) is 9.78 Å². The number of rotatable bonds is 5. The molecule has 5 nitrogen and oxygen atoms in total. The number of nitrogens with zero attached hydrogens (tertiary/aromatic N) is 2. The molecule has 3 aromatic rings.